The number of ether oxygens (including phenoxy) is 1. The van der Waals surface area contributed by atoms with E-state index in [1.807, 2.05) is 0 Å². The molecule has 1 aliphatic heterocycles. The van der Waals surface area contributed by atoms with Crippen molar-refractivity contribution in [2.75, 3.05) is 18.4 Å². The Balaban J connectivity index is 2.09. The molecule has 1 fully saturated rings. The van der Waals surface area contributed by atoms with Crippen molar-refractivity contribution in [3.8, 4) is 0 Å². The van der Waals surface area contributed by atoms with Gasteiger partial charge in [0.05, 0.1) is 23.6 Å². The number of benzene rings is 1. The number of nitro groups is 1. The summed E-state index contributed by atoms with van der Waals surface area (Å²) >= 11 is 3.19. The molecule has 9 heteroatoms. The average molecular weight is 402 g/mol. The minimum absolute atomic E-state index is 0.104. The van der Waals surface area contributed by atoms with E-state index in [9.17, 15) is 20.0 Å². The van der Waals surface area contributed by atoms with Crippen molar-refractivity contribution in [3.63, 3.8) is 0 Å². The minimum atomic E-state index is -0.847. The first kappa shape index (κ1) is 18.5. The number of hydrogen-bond acceptors (Lipinski definition) is 6. The lowest BCUT2D eigenvalue weighted by Gasteiger charge is -2.24. The van der Waals surface area contributed by atoms with Crippen molar-refractivity contribution in [1.29, 1.82) is 0 Å². The average Bonchev–Trinajstić information content (AvgIpc) is 2.80. The molecule has 2 N–H and O–H groups in total. The van der Waals surface area contributed by atoms with Gasteiger partial charge in [0.2, 0.25) is 0 Å². The Labute approximate surface area is 148 Å². The summed E-state index contributed by atoms with van der Waals surface area (Å²) in [6, 6.07) is 4.10. The number of carbonyl (C=O) groups excluding carboxylic acids is 1. The summed E-state index contributed by atoms with van der Waals surface area (Å²) in [4.78, 5) is 24.1. The summed E-state index contributed by atoms with van der Waals surface area (Å²) in [5.41, 5.74) is -0.441. The molecule has 0 spiro atoms. The topological polar surface area (TPSA) is 105 Å². The van der Waals surface area contributed by atoms with Gasteiger partial charge < -0.3 is 20.1 Å². The Morgan fingerprint density at radius 2 is 2.12 bits per heavy atom. The first-order chi connectivity index (χ1) is 11.1. The van der Waals surface area contributed by atoms with E-state index < -0.39 is 28.8 Å². The molecule has 1 aliphatic rings. The van der Waals surface area contributed by atoms with Crippen molar-refractivity contribution >= 4 is 33.4 Å². The third-order valence-electron chi connectivity index (χ3n) is 3.44. The Kier molecular flexibility index (Phi) is 5.34. The largest absolute Gasteiger partial charge is 0.444 e. The predicted molar refractivity (Wildman–Crippen MR) is 92.0 cm³/mol. The number of anilines is 1. The lowest BCUT2D eigenvalue weighted by atomic mass is 10.2. The first-order valence-electron chi connectivity index (χ1n) is 7.43. The van der Waals surface area contributed by atoms with E-state index in [-0.39, 0.29) is 18.8 Å². The molecule has 0 unspecified atom stereocenters. The normalized spacial score (nSPS) is 20.8. The number of carbonyl (C=O) groups is 1. The van der Waals surface area contributed by atoms with Crippen molar-refractivity contribution in [2.24, 2.45) is 0 Å². The monoisotopic (exact) mass is 401 g/mol. The van der Waals surface area contributed by atoms with Crippen LogP contribution in [0.15, 0.2) is 22.7 Å². The number of likely N-dealkylation sites (tertiary alicyclic amines) is 1. The molecule has 24 heavy (non-hydrogen) atoms. The molecular weight excluding hydrogens is 382 g/mol. The highest BCUT2D eigenvalue weighted by Crippen LogP contribution is 2.30. The first-order valence-corrected chi connectivity index (χ1v) is 8.22. The predicted octanol–water partition coefficient (Wildman–Crippen LogP) is 2.75. The number of aliphatic hydroxyl groups is 1. The standard InChI is InChI=1S/C15H20BrN3O5/c1-15(2,3)24-14(21)18-7-11(13(20)8-18)17-10-5-4-9(16)6-12(10)19(22)23/h4-6,11,13,17,20H,7-8H2,1-3H3/t11-,13+/m0/s1. The number of aliphatic hydroxyl groups excluding tert-OH is 1. The highest BCUT2D eigenvalue weighted by atomic mass is 79.9. The Bertz CT molecular complexity index is 646. The van der Waals surface area contributed by atoms with Crippen LogP contribution in [0.2, 0.25) is 0 Å². The molecule has 1 aromatic rings. The van der Waals surface area contributed by atoms with Crippen molar-refractivity contribution < 1.29 is 19.6 Å². The van der Waals surface area contributed by atoms with E-state index in [1.165, 1.54) is 11.0 Å². The molecule has 0 bridgehead atoms. The Morgan fingerprint density at radius 1 is 1.46 bits per heavy atom. The fourth-order valence-corrected chi connectivity index (χ4v) is 2.73. The van der Waals surface area contributed by atoms with Gasteiger partial charge in [-0.15, -0.1) is 0 Å². The second-order valence-electron chi connectivity index (χ2n) is 6.62. The molecule has 1 heterocycles. The second kappa shape index (κ2) is 6.94. The van der Waals surface area contributed by atoms with Crippen LogP contribution in [0, 0.1) is 10.1 Å². The van der Waals surface area contributed by atoms with Gasteiger partial charge in [-0.25, -0.2) is 4.79 Å². The number of nitrogens with zero attached hydrogens (tertiary/aromatic N) is 2. The molecule has 1 saturated heterocycles. The van der Waals surface area contributed by atoms with Gasteiger partial charge in [0.25, 0.3) is 5.69 Å². The van der Waals surface area contributed by atoms with E-state index in [1.54, 1.807) is 32.9 Å². The number of halogens is 1. The Hall–Kier alpha value is -1.87. The number of nitro benzene ring substituents is 1. The highest BCUT2D eigenvalue weighted by molar-refractivity contribution is 9.10. The fourth-order valence-electron chi connectivity index (χ4n) is 2.38. The molecule has 2 rings (SSSR count). The second-order valence-corrected chi connectivity index (χ2v) is 7.54. The highest BCUT2D eigenvalue weighted by Gasteiger charge is 2.37. The molecule has 0 radical (unpaired) electrons. The maximum atomic E-state index is 12.1. The van der Waals surface area contributed by atoms with Crippen LogP contribution in [-0.2, 0) is 4.74 Å². The summed E-state index contributed by atoms with van der Waals surface area (Å²) in [5, 5.41) is 24.3. The van der Waals surface area contributed by atoms with Gasteiger partial charge in [-0.1, -0.05) is 15.9 Å². The van der Waals surface area contributed by atoms with Crippen LogP contribution in [0.3, 0.4) is 0 Å². The smallest absolute Gasteiger partial charge is 0.410 e. The van der Waals surface area contributed by atoms with Crippen LogP contribution in [0.1, 0.15) is 20.8 Å². The molecule has 0 aromatic heterocycles. The minimum Gasteiger partial charge on any atom is -0.444 e. The van der Waals surface area contributed by atoms with Crippen molar-refractivity contribution in [1.82, 2.24) is 4.90 Å². The van der Waals surface area contributed by atoms with Crippen LogP contribution in [0.25, 0.3) is 0 Å². The van der Waals surface area contributed by atoms with E-state index in [0.717, 1.165) is 0 Å². The van der Waals surface area contributed by atoms with Gasteiger partial charge in [0.1, 0.15) is 11.3 Å². The maximum Gasteiger partial charge on any atom is 0.410 e. The summed E-state index contributed by atoms with van der Waals surface area (Å²) < 4.78 is 5.87. The zero-order valence-corrected chi connectivity index (χ0v) is 15.2. The maximum absolute atomic E-state index is 12.1. The summed E-state index contributed by atoms with van der Waals surface area (Å²) in [5.74, 6) is 0. The zero-order chi connectivity index (χ0) is 18.1. The van der Waals surface area contributed by atoms with Crippen LogP contribution >= 0.6 is 15.9 Å². The quantitative estimate of drug-likeness (QED) is 0.595. The molecule has 0 saturated carbocycles. The van der Waals surface area contributed by atoms with Crippen molar-refractivity contribution in [2.45, 2.75) is 38.5 Å². The summed E-state index contributed by atoms with van der Waals surface area (Å²) in [6.07, 6.45) is -1.36. The number of rotatable bonds is 3. The van der Waals surface area contributed by atoms with E-state index in [4.69, 9.17) is 4.74 Å². The van der Waals surface area contributed by atoms with E-state index >= 15 is 0 Å². The molecular formula is C15H20BrN3O5. The van der Waals surface area contributed by atoms with E-state index in [2.05, 4.69) is 21.2 Å². The van der Waals surface area contributed by atoms with Gasteiger partial charge in [-0.3, -0.25) is 10.1 Å². The zero-order valence-electron chi connectivity index (χ0n) is 13.7. The van der Waals surface area contributed by atoms with Crippen LogP contribution in [0.4, 0.5) is 16.2 Å². The van der Waals surface area contributed by atoms with Gasteiger partial charge >= 0.3 is 6.09 Å². The lowest BCUT2D eigenvalue weighted by Crippen LogP contribution is -2.36. The molecule has 1 aromatic carbocycles. The number of nitrogens with one attached hydrogen (secondary N) is 1. The van der Waals surface area contributed by atoms with Crippen LogP contribution in [-0.4, -0.2) is 51.9 Å². The van der Waals surface area contributed by atoms with Gasteiger partial charge in [-0.2, -0.15) is 0 Å². The van der Waals surface area contributed by atoms with Crippen molar-refractivity contribution in [3.05, 3.63) is 32.8 Å². The molecule has 132 valence electrons. The summed E-state index contributed by atoms with van der Waals surface area (Å²) in [6.45, 7) is 5.59. The van der Waals surface area contributed by atoms with Gasteiger partial charge in [-0.05, 0) is 32.9 Å². The van der Waals surface area contributed by atoms with E-state index in [0.29, 0.717) is 10.2 Å². The van der Waals surface area contributed by atoms with Gasteiger partial charge in [0, 0.05) is 17.1 Å². The molecule has 1 amide bonds. The number of amides is 1. The third-order valence-corrected chi connectivity index (χ3v) is 3.93. The molecule has 0 aliphatic carbocycles. The number of hydrogen-bond donors (Lipinski definition) is 2. The fraction of sp³-hybridized carbons (Fsp3) is 0.533. The Morgan fingerprint density at radius 3 is 2.71 bits per heavy atom. The SMILES string of the molecule is CC(C)(C)OC(=O)N1C[C@@H](O)[C@@H](Nc2ccc(Br)cc2[N+](=O)[O-])C1. The van der Waals surface area contributed by atoms with Gasteiger partial charge in [0.15, 0.2) is 0 Å². The molecule has 2 atom stereocenters. The number of β-amino-alcohol motifs (C(OH)–C–C–N with tert-alkyl or cyclic N) is 1. The van der Waals surface area contributed by atoms with Crippen LogP contribution < -0.4 is 5.32 Å². The lowest BCUT2D eigenvalue weighted by molar-refractivity contribution is -0.384. The van der Waals surface area contributed by atoms with Crippen LogP contribution in [0.5, 0.6) is 0 Å². The third kappa shape index (κ3) is 4.57. The molecule has 8 nitrogen and oxygen atoms in total. The summed E-state index contributed by atoms with van der Waals surface area (Å²) in [7, 11) is 0.